The fraction of sp³-hybridized carbons (Fsp3) is 0.190. The maximum atomic E-state index is 9.76. The van der Waals surface area contributed by atoms with Crippen molar-refractivity contribution in [3.8, 4) is 6.07 Å². The average Bonchev–Trinajstić information content (AvgIpc) is 3.06. The van der Waals surface area contributed by atoms with Crippen LogP contribution in [0.4, 0.5) is 5.82 Å². The highest BCUT2D eigenvalue weighted by Crippen LogP contribution is 2.30. The average molecular weight is 342 g/mol. The van der Waals surface area contributed by atoms with Gasteiger partial charge in [-0.05, 0) is 29.7 Å². The van der Waals surface area contributed by atoms with E-state index in [1.807, 2.05) is 53.1 Å². The van der Waals surface area contributed by atoms with E-state index < -0.39 is 0 Å². The van der Waals surface area contributed by atoms with Crippen LogP contribution in [0, 0.1) is 11.3 Å². The van der Waals surface area contributed by atoms with Crippen molar-refractivity contribution in [1.29, 1.82) is 5.26 Å². The predicted molar refractivity (Wildman–Crippen MR) is 102 cm³/mol. The van der Waals surface area contributed by atoms with Gasteiger partial charge in [0.15, 0.2) is 17.5 Å². The molecule has 5 nitrogen and oxygen atoms in total. The summed E-state index contributed by atoms with van der Waals surface area (Å²) in [5.41, 5.74) is 5.33. The Bertz CT molecular complexity index is 1120. The minimum Gasteiger partial charge on any atom is -0.361 e. The number of anilines is 1. The molecule has 4 aromatic rings. The molecule has 0 fully saturated rings. The summed E-state index contributed by atoms with van der Waals surface area (Å²) in [7, 11) is 0. The number of aromatic nitrogens is 3. The fourth-order valence-electron chi connectivity index (χ4n) is 3.28. The lowest BCUT2D eigenvalue weighted by Crippen LogP contribution is -2.15. The molecule has 0 spiro atoms. The second-order valence-corrected chi connectivity index (χ2v) is 6.63. The van der Waals surface area contributed by atoms with Crippen LogP contribution in [0.2, 0.25) is 0 Å². The first kappa shape index (κ1) is 16.1. The Morgan fingerprint density at radius 2 is 2.00 bits per heavy atom. The van der Waals surface area contributed by atoms with Crippen molar-refractivity contribution in [3.63, 3.8) is 0 Å². The van der Waals surface area contributed by atoms with Gasteiger partial charge in [-0.2, -0.15) is 5.26 Å². The normalized spacial score (nSPS) is 11.2. The number of fused-ring (bicyclic) bond motifs is 3. The van der Waals surface area contributed by atoms with Crippen LogP contribution in [-0.4, -0.2) is 9.38 Å². The molecule has 0 radical (unpaired) electrons. The summed E-state index contributed by atoms with van der Waals surface area (Å²) in [5, 5.41) is 13.3. The lowest BCUT2D eigenvalue weighted by Gasteiger charge is -2.15. The molecule has 3 heterocycles. The monoisotopic (exact) mass is 342 g/mol. The van der Waals surface area contributed by atoms with Gasteiger partial charge in [-0.3, -0.25) is 4.40 Å². The third-order valence-corrected chi connectivity index (χ3v) is 4.57. The van der Waals surface area contributed by atoms with Crippen LogP contribution in [0.3, 0.4) is 0 Å². The summed E-state index contributed by atoms with van der Waals surface area (Å²) in [4.78, 5) is 7.98. The highest BCUT2D eigenvalue weighted by molar-refractivity contribution is 5.85. The van der Waals surface area contributed by atoms with Crippen LogP contribution in [0.25, 0.3) is 16.7 Å². The Balaban J connectivity index is 1.93. The van der Waals surface area contributed by atoms with Crippen LogP contribution < -0.4 is 10.3 Å². The number of hydrogen-bond acceptors (Lipinski definition) is 3. The third-order valence-electron chi connectivity index (χ3n) is 4.57. The number of nitriles is 1. The molecule has 0 aliphatic heterocycles. The summed E-state index contributed by atoms with van der Waals surface area (Å²) in [6.45, 7) is 4.86. The molecule has 0 unspecified atom stereocenters. The largest absolute Gasteiger partial charge is 0.361 e. The molecule has 0 saturated heterocycles. The smallest absolute Gasteiger partial charge is 0.198 e. The van der Waals surface area contributed by atoms with E-state index in [1.165, 1.54) is 0 Å². The highest BCUT2D eigenvalue weighted by atomic mass is 15.1. The molecule has 0 bridgehead atoms. The zero-order valence-corrected chi connectivity index (χ0v) is 14.8. The van der Waals surface area contributed by atoms with Gasteiger partial charge in [0.25, 0.3) is 0 Å². The molecule has 0 atom stereocenters. The van der Waals surface area contributed by atoms with Gasteiger partial charge < -0.3 is 5.32 Å². The molecule has 4 rings (SSSR count). The van der Waals surface area contributed by atoms with Crippen molar-refractivity contribution in [3.05, 3.63) is 71.5 Å². The summed E-state index contributed by atoms with van der Waals surface area (Å²) >= 11 is 0. The fourth-order valence-corrected chi connectivity index (χ4v) is 3.28. The molecular weight excluding hydrogens is 322 g/mol. The lowest BCUT2D eigenvalue weighted by atomic mass is 9.99. The predicted octanol–water partition coefficient (Wildman–Crippen LogP) is 3.91. The molecule has 128 valence electrons. The van der Waals surface area contributed by atoms with Crippen LogP contribution in [0.1, 0.15) is 36.6 Å². The summed E-state index contributed by atoms with van der Waals surface area (Å²) in [6, 6.07) is 18.4. The van der Waals surface area contributed by atoms with Gasteiger partial charge in [-0.15, -0.1) is 0 Å². The number of nitrogens with zero attached hydrogens (tertiary/aromatic N) is 3. The number of H-pyrrole nitrogens is 1. The zero-order valence-electron chi connectivity index (χ0n) is 14.8. The first-order valence-electron chi connectivity index (χ1n) is 8.72. The molecule has 26 heavy (non-hydrogen) atoms. The van der Waals surface area contributed by atoms with E-state index in [0.717, 1.165) is 28.1 Å². The van der Waals surface area contributed by atoms with Crippen molar-refractivity contribution in [2.75, 3.05) is 5.32 Å². The van der Waals surface area contributed by atoms with Crippen LogP contribution >= 0.6 is 0 Å². The molecule has 0 amide bonds. The van der Waals surface area contributed by atoms with E-state index >= 15 is 0 Å². The second kappa shape index (κ2) is 6.49. The number of hydrogen-bond donors (Lipinski definition) is 1. The third kappa shape index (κ3) is 2.66. The van der Waals surface area contributed by atoms with E-state index in [2.05, 4.69) is 36.3 Å². The van der Waals surface area contributed by atoms with Gasteiger partial charge >= 0.3 is 0 Å². The van der Waals surface area contributed by atoms with Crippen LogP contribution in [0.15, 0.2) is 54.7 Å². The number of pyridine rings is 2. The highest BCUT2D eigenvalue weighted by Gasteiger charge is 2.18. The Kier molecular flexibility index (Phi) is 4.02. The van der Waals surface area contributed by atoms with Crippen LogP contribution in [-0.2, 0) is 6.54 Å². The number of rotatable bonds is 4. The lowest BCUT2D eigenvalue weighted by molar-refractivity contribution is -0.389. The standard InChI is InChI=1S/C21H19N5/c1-14(2)16-11-20(24-13-15-7-5-6-10-23-15)26-19-9-4-3-8-18(19)25-21(26)17(16)12-22/h3-11,14,24H,13H2,1-2H3/p+1. The summed E-state index contributed by atoms with van der Waals surface area (Å²) in [6.07, 6.45) is 1.91. The minimum absolute atomic E-state index is 0.235. The summed E-state index contributed by atoms with van der Waals surface area (Å²) in [5.74, 6) is 1.17. The molecule has 1 aromatic carbocycles. The Labute approximate surface area is 151 Å². The summed E-state index contributed by atoms with van der Waals surface area (Å²) < 4.78 is 2.04. The number of imidazole rings is 1. The molecule has 0 saturated carbocycles. The van der Waals surface area contributed by atoms with Crippen LogP contribution in [0.5, 0.6) is 0 Å². The van der Waals surface area contributed by atoms with Gasteiger partial charge in [-0.25, -0.2) is 9.97 Å². The second-order valence-electron chi connectivity index (χ2n) is 6.63. The van der Waals surface area contributed by atoms with E-state index in [1.54, 1.807) is 0 Å². The topological polar surface area (TPSA) is 67.3 Å². The van der Waals surface area contributed by atoms with Crippen molar-refractivity contribution >= 4 is 22.5 Å². The van der Waals surface area contributed by atoms with Gasteiger partial charge in [0.2, 0.25) is 0 Å². The van der Waals surface area contributed by atoms with Gasteiger partial charge in [0.1, 0.15) is 18.4 Å². The maximum absolute atomic E-state index is 9.76. The number of nitrogens with one attached hydrogen (secondary N) is 2. The van der Waals surface area contributed by atoms with E-state index in [9.17, 15) is 5.26 Å². The SMILES string of the molecule is CC(C)c1cc(NCc2cccc[nH+]2)n2c(nc3ccccc32)c1C#N. The molecule has 0 aliphatic carbocycles. The molecular formula is C21H20N5+. The maximum Gasteiger partial charge on any atom is 0.198 e. The Morgan fingerprint density at radius 3 is 2.73 bits per heavy atom. The van der Waals surface area contributed by atoms with Crippen molar-refractivity contribution in [2.24, 2.45) is 0 Å². The van der Waals surface area contributed by atoms with Crippen molar-refractivity contribution in [1.82, 2.24) is 9.38 Å². The molecule has 3 aromatic heterocycles. The van der Waals surface area contributed by atoms with E-state index in [4.69, 9.17) is 4.98 Å². The molecule has 2 N–H and O–H groups in total. The number of benzene rings is 1. The first-order valence-corrected chi connectivity index (χ1v) is 8.72. The quantitative estimate of drug-likeness (QED) is 0.611. The first-order chi connectivity index (χ1) is 12.7. The zero-order chi connectivity index (χ0) is 18.1. The minimum atomic E-state index is 0.235. The van der Waals surface area contributed by atoms with Crippen molar-refractivity contribution in [2.45, 2.75) is 26.3 Å². The Morgan fingerprint density at radius 1 is 1.19 bits per heavy atom. The van der Waals surface area contributed by atoms with E-state index in [-0.39, 0.29) is 5.92 Å². The van der Waals surface area contributed by atoms with Crippen molar-refractivity contribution < 1.29 is 4.98 Å². The Hall–Kier alpha value is -3.39. The number of para-hydroxylation sites is 2. The van der Waals surface area contributed by atoms with Gasteiger partial charge in [0, 0.05) is 12.1 Å². The van der Waals surface area contributed by atoms with Gasteiger partial charge in [-0.1, -0.05) is 32.0 Å². The van der Waals surface area contributed by atoms with Gasteiger partial charge in [0.05, 0.1) is 16.6 Å². The number of aromatic amines is 1. The molecule has 5 heteroatoms. The molecule has 0 aliphatic rings. The van der Waals surface area contributed by atoms with E-state index in [0.29, 0.717) is 17.8 Å².